The molecule has 0 aliphatic carbocycles. The molecule has 0 spiro atoms. The number of hydrogen-bond donors (Lipinski definition) is 3. The SMILES string of the molecule is O=C(NCc1ccn[nH]1)c1ccc(CO)cc1. The summed E-state index contributed by atoms with van der Waals surface area (Å²) in [4.78, 5) is 11.7. The number of aliphatic hydroxyl groups excluding tert-OH is 1. The van der Waals surface area contributed by atoms with Crippen LogP contribution in [-0.4, -0.2) is 21.2 Å². The Balaban J connectivity index is 1.95. The van der Waals surface area contributed by atoms with Gasteiger partial charge in [0, 0.05) is 11.8 Å². The summed E-state index contributed by atoms with van der Waals surface area (Å²) >= 11 is 0. The molecule has 0 unspecified atom stereocenters. The highest BCUT2D eigenvalue weighted by Crippen LogP contribution is 2.04. The summed E-state index contributed by atoms with van der Waals surface area (Å²) in [5, 5.41) is 18.2. The summed E-state index contributed by atoms with van der Waals surface area (Å²) in [5.41, 5.74) is 2.21. The van der Waals surface area contributed by atoms with Crippen LogP contribution >= 0.6 is 0 Å². The van der Waals surface area contributed by atoms with E-state index in [1.54, 1.807) is 36.5 Å². The molecule has 3 N–H and O–H groups in total. The van der Waals surface area contributed by atoms with Gasteiger partial charge in [-0.15, -0.1) is 0 Å². The number of benzene rings is 1. The number of H-pyrrole nitrogens is 1. The van der Waals surface area contributed by atoms with Gasteiger partial charge >= 0.3 is 0 Å². The molecular formula is C12H13N3O2. The quantitative estimate of drug-likeness (QED) is 0.729. The van der Waals surface area contributed by atoms with Crippen molar-refractivity contribution in [2.75, 3.05) is 0 Å². The topological polar surface area (TPSA) is 78.0 Å². The van der Waals surface area contributed by atoms with Crippen LogP contribution in [0.15, 0.2) is 36.5 Å². The summed E-state index contributed by atoms with van der Waals surface area (Å²) in [6, 6.07) is 8.63. The molecule has 5 heteroatoms. The van der Waals surface area contributed by atoms with Crippen molar-refractivity contribution in [2.24, 2.45) is 0 Å². The molecule has 1 aromatic heterocycles. The van der Waals surface area contributed by atoms with E-state index in [-0.39, 0.29) is 12.5 Å². The number of amides is 1. The number of nitrogens with one attached hydrogen (secondary N) is 2. The zero-order chi connectivity index (χ0) is 12.1. The molecule has 2 aromatic rings. The van der Waals surface area contributed by atoms with E-state index in [0.717, 1.165) is 11.3 Å². The van der Waals surface area contributed by atoms with Gasteiger partial charge in [0.15, 0.2) is 0 Å². The zero-order valence-corrected chi connectivity index (χ0v) is 9.18. The summed E-state index contributed by atoms with van der Waals surface area (Å²) < 4.78 is 0. The van der Waals surface area contributed by atoms with Crippen molar-refractivity contribution in [1.29, 1.82) is 0 Å². The number of aliphatic hydroxyl groups is 1. The Morgan fingerprint density at radius 3 is 2.65 bits per heavy atom. The van der Waals surface area contributed by atoms with Crippen LogP contribution in [0.25, 0.3) is 0 Å². The lowest BCUT2D eigenvalue weighted by atomic mass is 10.1. The van der Waals surface area contributed by atoms with Crippen molar-refractivity contribution < 1.29 is 9.90 Å². The fraction of sp³-hybridized carbons (Fsp3) is 0.167. The Hall–Kier alpha value is -2.14. The largest absolute Gasteiger partial charge is 0.392 e. The number of carbonyl (C=O) groups excluding carboxylic acids is 1. The maximum atomic E-state index is 11.7. The van der Waals surface area contributed by atoms with Crippen molar-refractivity contribution >= 4 is 5.91 Å². The van der Waals surface area contributed by atoms with Crippen molar-refractivity contribution in [1.82, 2.24) is 15.5 Å². The molecule has 0 fully saturated rings. The van der Waals surface area contributed by atoms with E-state index in [2.05, 4.69) is 15.5 Å². The minimum absolute atomic E-state index is 0.0178. The van der Waals surface area contributed by atoms with E-state index >= 15 is 0 Å². The Bertz CT molecular complexity index is 477. The first kappa shape index (κ1) is 11.3. The van der Waals surface area contributed by atoms with Crippen molar-refractivity contribution in [2.45, 2.75) is 13.2 Å². The average Bonchev–Trinajstić information content (AvgIpc) is 2.89. The molecule has 1 amide bonds. The maximum Gasteiger partial charge on any atom is 0.251 e. The second-order valence-corrected chi connectivity index (χ2v) is 3.62. The third-order valence-corrected chi connectivity index (χ3v) is 2.40. The Morgan fingerprint density at radius 2 is 2.06 bits per heavy atom. The van der Waals surface area contributed by atoms with Gasteiger partial charge in [-0.1, -0.05) is 12.1 Å². The van der Waals surface area contributed by atoms with Crippen molar-refractivity contribution in [3.8, 4) is 0 Å². The molecule has 0 aliphatic heterocycles. The van der Waals surface area contributed by atoms with Gasteiger partial charge in [-0.25, -0.2) is 0 Å². The molecule has 88 valence electrons. The highest BCUT2D eigenvalue weighted by atomic mass is 16.3. The van der Waals surface area contributed by atoms with Gasteiger partial charge in [0.2, 0.25) is 0 Å². The van der Waals surface area contributed by atoms with E-state index in [4.69, 9.17) is 5.11 Å². The number of aromatic nitrogens is 2. The Labute approximate surface area is 98.5 Å². The van der Waals surface area contributed by atoms with Crippen LogP contribution < -0.4 is 5.32 Å². The number of nitrogens with zero attached hydrogens (tertiary/aromatic N) is 1. The molecule has 2 rings (SSSR count). The van der Waals surface area contributed by atoms with Gasteiger partial charge in [0.25, 0.3) is 5.91 Å². The van der Waals surface area contributed by atoms with Gasteiger partial charge in [-0.05, 0) is 23.8 Å². The molecule has 17 heavy (non-hydrogen) atoms. The second kappa shape index (κ2) is 5.27. The standard InChI is InChI=1S/C12H13N3O2/c16-8-9-1-3-10(4-2-9)12(17)13-7-11-5-6-14-15-11/h1-6,16H,7-8H2,(H,13,17)(H,14,15). The van der Waals surface area contributed by atoms with Crippen LogP contribution in [0.4, 0.5) is 0 Å². The molecule has 0 saturated carbocycles. The molecule has 0 radical (unpaired) electrons. The van der Waals surface area contributed by atoms with E-state index in [1.807, 2.05) is 0 Å². The number of carbonyl (C=O) groups is 1. The molecule has 1 heterocycles. The highest BCUT2D eigenvalue weighted by Gasteiger charge is 2.05. The monoisotopic (exact) mass is 231 g/mol. The van der Waals surface area contributed by atoms with Crippen molar-refractivity contribution in [3.63, 3.8) is 0 Å². The smallest absolute Gasteiger partial charge is 0.251 e. The molecule has 0 atom stereocenters. The molecular weight excluding hydrogens is 218 g/mol. The maximum absolute atomic E-state index is 11.7. The summed E-state index contributed by atoms with van der Waals surface area (Å²) in [7, 11) is 0. The second-order valence-electron chi connectivity index (χ2n) is 3.62. The fourth-order valence-electron chi connectivity index (χ4n) is 1.42. The van der Waals surface area contributed by atoms with Gasteiger partial charge in [0.05, 0.1) is 18.8 Å². The van der Waals surface area contributed by atoms with E-state index in [0.29, 0.717) is 12.1 Å². The van der Waals surface area contributed by atoms with Crippen molar-refractivity contribution in [3.05, 3.63) is 53.3 Å². The van der Waals surface area contributed by atoms with E-state index in [1.165, 1.54) is 0 Å². The van der Waals surface area contributed by atoms with Gasteiger partial charge < -0.3 is 10.4 Å². The highest BCUT2D eigenvalue weighted by molar-refractivity contribution is 5.94. The molecule has 0 aliphatic rings. The van der Waals surface area contributed by atoms with Crippen LogP contribution in [0.2, 0.25) is 0 Å². The fourth-order valence-corrected chi connectivity index (χ4v) is 1.42. The number of hydrogen-bond acceptors (Lipinski definition) is 3. The van der Waals surface area contributed by atoms with Crippen LogP contribution in [-0.2, 0) is 13.2 Å². The molecule has 0 bridgehead atoms. The first-order valence-electron chi connectivity index (χ1n) is 5.26. The zero-order valence-electron chi connectivity index (χ0n) is 9.18. The van der Waals surface area contributed by atoms with Crippen LogP contribution in [0, 0.1) is 0 Å². The molecule has 0 saturated heterocycles. The van der Waals surface area contributed by atoms with Gasteiger partial charge in [-0.3, -0.25) is 9.89 Å². The first-order valence-corrected chi connectivity index (χ1v) is 5.26. The lowest BCUT2D eigenvalue weighted by molar-refractivity contribution is 0.0950. The summed E-state index contributed by atoms with van der Waals surface area (Å²) in [6.45, 7) is 0.399. The number of rotatable bonds is 4. The minimum atomic E-state index is -0.149. The minimum Gasteiger partial charge on any atom is -0.392 e. The predicted octanol–water partition coefficient (Wildman–Crippen LogP) is 0.832. The van der Waals surface area contributed by atoms with Crippen LogP contribution in [0.5, 0.6) is 0 Å². The third kappa shape index (κ3) is 2.92. The van der Waals surface area contributed by atoms with Crippen LogP contribution in [0.1, 0.15) is 21.6 Å². The summed E-state index contributed by atoms with van der Waals surface area (Å²) in [6.07, 6.45) is 1.64. The van der Waals surface area contributed by atoms with Crippen LogP contribution in [0.3, 0.4) is 0 Å². The predicted molar refractivity (Wildman–Crippen MR) is 62.1 cm³/mol. The summed E-state index contributed by atoms with van der Waals surface area (Å²) in [5.74, 6) is -0.149. The van der Waals surface area contributed by atoms with E-state index in [9.17, 15) is 4.79 Å². The Morgan fingerprint density at radius 1 is 1.29 bits per heavy atom. The normalized spacial score (nSPS) is 10.2. The lowest BCUT2D eigenvalue weighted by Crippen LogP contribution is -2.22. The average molecular weight is 231 g/mol. The van der Waals surface area contributed by atoms with Gasteiger partial charge in [-0.2, -0.15) is 5.10 Å². The number of aromatic amines is 1. The van der Waals surface area contributed by atoms with Gasteiger partial charge in [0.1, 0.15) is 0 Å². The third-order valence-electron chi connectivity index (χ3n) is 2.40. The first-order chi connectivity index (χ1) is 8.29. The Kier molecular flexibility index (Phi) is 3.52. The lowest BCUT2D eigenvalue weighted by Gasteiger charge is -2.04. The van der Waals surface area contributed by atoms with E-state index < -0.39 is 0 Å². The molecule has 5 nitrogen and oxygen atoms in total. The molecule has 1 aromatic carbocycles.